The Kier molecular flexibility index (Phi) is 3.04. The van der Waals surface area contributed by atoms with E-state index >= 15 is 0 Å². The number of benzene rings is 1. The molecule has 65 valence electrons. The second kappa shape index (κ2) is 3.68. The zero-order chi connectivity index (χ0) is 9.19. The van der Waals surface area contributed by atoms with E-state index in [2.05, 4.69) is 12.6 Å². The van der Waals surface area contributed by atoms with Crippen LogP contribution in [0.2, 0.25) is 5.02 Å². The third-order valence-electron chi connectivity index (χ3n) is 1.33. The number of rotatable bonds is 2. The molecule has 0 aliphatic carbocycles. The van der Waals surface area contributed by atoms with Crippen LogP contribution in [0.15, 0.2) is 29.2 Å². The average molecular weight is 222 g/mol. The van der Waals surface area contributed by atoms with Crippen molar-refractivity contribution in [1.82, 2.24) is 0 Å². The van der Waals surface area contributed by atoms with Crippen molar-refractivity contribution in [1.29, 1.82) is 0 Å². The maximum absolute atomic E-state index is 11.2. The van der Waals surface area contributed by atoms with Crippen molar-refractivity contribution in [2.24, 2.45) is 0 Å². The number of halogens is 1. The predicted octanol–water partition coefficient (Wildman–Crippen LogP) is 2.27. The van der Waals surface area contributed by atoms with Crippen molar-refractivity contribution in [2.75, 3.05) is 5.08 Å². The summed E-state index contributed by atoms with van der Waals surface area (Å²) < 4.78 is 22.3. The summed E-state index contributed by atoms with van der Waals surface area (Å²) in [5, 5.41) is 0.215. The minimum atomic E-state index is -3.26. The van der Waals surface area contributed by atoms with E-state index in [1.807, 2.05) is 0 Å². The molecule has 1 rings (SSSR count). The van der Waals surface area contributed by atoms with Crippen LogP contribution in [0, 0.1) is 0 Å². The summed E-state index contributed by atoms with van der Waals surface area (Å²) in [5.74, 6) is 0. The van der Waals surface area contributed by atoms with E-state index in [9.17, 15) is 8.42 Å². The average Bonchev–Trinajstić information content (AvgIpc) is 2.05. The summed E-state index contributed by atoms with van der Waals surface area (Å²) in [7, 11) is -3.26. The smallest absolute Gasteiger partial charge is 0.188 e. The first-order chi connectivity index (χ1) is 5.56. The lowest BCUT2D eigenvalue weighted by atomic mass is 10.4. The standard InChI is InChI=1S/C7H6ClO2S2/c8-6-1-3-7(4-2-6)12(9,10)5-11/h1-4H,5H2. The van der Waals surface area contributed by atoms with E-state index in [1.54, 1.807) is 0 Å². The van der Waals surface area contributed by atoms with Crippen molar-refractivity contribution in [3.05, 3.63) is 29.3 Å². The Morgan fingerprint density at radius 1 is 1.25 bits per heavy atom. The van der Waals surface area contributed by atoms with E-state index in [1.165, 1.54) is 24.3 Å². The minimum absolute atomic E-state index is 0.224. The SMILES string of the molecule is O=S(=O)(C[S])c1ccc(Cl)cc1. The highest BCUT2D eigenvalue weighted by atomic mass is 35.5. The van der Waals surface area contributed by atoms with Crippen LogP contribution < -0.4 is 0 Å². The van der Waals surface area contributed by atoms with Gasteiger partial charge >= 0.3 is 0 Å². The van der Waals surface area contributed by atoms with Crippen molar-refractivity contribution in [3.8, 4) is 0 Å². The molecule has 1 aromatic carbocycles. The third-order valence-corrected chi connectivity index (χ3v) is 3.81. The highest BCUT2D eigenvalue weighted by molar-refractivity contribution is 8.03. The highest BCUT2D eigenvalue weighted by Crippen LogP contribution is 2.15. The zero-order valence-electron chi connectivity index (χ0n) is 6.03. The number of hydrogen-bond acceptors (Lipinski definition) is 2. The molecular formula is C7H6ClO2S2. The van der Waals surface area contributed by atoms with Crippen LogP contribution >= 0.6 is 24.2 Å². The summed E-state index contributed by atoms with van der Waals surface area (Å²) in [6.45, 7) is 0. The van der Waals surface area contributed by atoms with Gasteiger partial charge in [0.15, 0.2) is 9.84 Å². The van der Waals surface area contributed by atoms with Gasteiger partial charge < -0.3 is 0 Å². The number of sulfone groups is 1. The molecule has 0 saturated heterocycles. The van der Waals surface area contributed by atoms with Gasteiger partial charge in [0, 0.05) is 5.02 Å². The Hall–Kier alpha value is -0.190. The fraction of sp³-hybridized carbons (Fsp3) is 0.143. The number of hydrogen-bond donors (Lipinski definition) is 0. The van der Waals surface area contributed by atoms with Crippen LogP contribution in [0.1, 0.15) is 0 Å². The van der Waals surface area contributed by atoms with Crippen LogP contribution in [0.5, 0.6) is 0 Å². The molecule has 2 nitrogen and oxygen atoms in total. The quantitative estimate of drug-likeness (QED) is 0.768. The van der Waals surface area contributed by atoms with Gasteiger partial charge in [-0.2, -0.15) is 0 Å². The van der Waals surface area contributed by atoms with Gasteiger partial charge in [-0.15, -0.1) is 0 Å². The molecule has 0 heterocycles. The first-order valence-electron chi connectivity index (χ1n) is 3.13. The van der Waals surface area contributed by atoms with Gasteiger partial charge in [0.05, 0.1) is 4.90 Å². The molecule has 1 aromatic rings. The normalized spacial score (nSPS) is 11.5. The molecule has 0 N–H and O–H groups in total. The van der Waals surface area contributed by atoms with E-state index in [-0.39, 0.29) is 9.98 Å². The topological polar surface area (TPSA) is 34.1 Å². The lowest BCUT2D eigenvalue weighted by Crippen LogP contribution is -2.01. The second-order valence-electron chi connectivity index (χ2n) is 2.19. The molecule has 0 spiro atoms. The lowest BCUT2D eigenvalue weighted by molar-refractivity contribution is 0.601. The molecule has 0 fully saturated rings. The third kappa shape index (κ3) is 2.15. The van der Waals surface area contributed by atoms with Crippen LogP contribution in [0.3, 0.4) is 0 Å². The maximum atomic E-state index is 11.2. The highest BCUT2D eigenvalue weighted by Gasteiger charge is 2.10. The molecule has 0 aliphatic heterocycles. The molecular weight excluding hydrogens is 216 g/mol. The van der Waals surface area contributed by atoms with Crippen LogP contribution in [-0.4, -0.2) is 13.5 Å². The molecule has 12 heavy (non-hydrogen) atoms. The summed E-state index contributed by atoms with van der Waals surface area (Å²) in [4.78, 5) is 0.224. The Bertz CT molecular complexity index is 355. The van der Waals surface area contributed by atoms with Crippen molar-refractivity contribution in [3.63, 3.8) is 0 Å². The van der Waals surface area contributed by atoms with E-state index in [0.717, 1.165) is 0 Å². The maximum Gasteiger partial charge on any atom is 0.188 e. The van der Waals surface area contributed by atoms with Crippen molar-refractivity contribution < 1.29 is 8.42 Å². The fourth-order valence-corrected chi connectivity index (χ4v) is 1.93. The van der Waals surface area contributed by atoms with Crippen molar-refractivity contribution in [2.45, 2.75) is 4.90 Å². The summed E-state index contributed by atoms with van der Waals surface area (Å²) in [5.41, 5.74) is 0. The van der Waals surface area contributed by atoms with E-state index in [0.29, 0.717) is 5.02 Å². The van der Waals surface area contributed by atoms with Gasteiger partial charge in [-0.25, -0.2) is 8.42 Å². The molecule has 0 amide bonds. The molecule has 5 heteroatoms. The van der Waals surface area contributed by atoms with Crippen LogP contribution in [0.4, 0.5) is 0 Å². The Morgan fingerprint density at radius 2 is 1.75 bits per heavy atom. The Morgan fingerprint density at radius 3 is 2.17 bits per heavy atom. The first-order valence-corrected chi connectivity index (χ1v) is 5.73. The molecule has 1 radical (unpaired) electrons. The Balaban J connectivity index is 3.14. The fourth-order valence-electron chi connectivity index (χ4n) is 0.710. The van der Waals surface area contributed by atoms with Crippen molar-refractivity contribution >= 4 is 34.1 Å². The van der Waals surface area contributed by atoms with E-state index < -0.39 is 9.84 Å². The van der Waals surface area contributed by atoms with Gasteiger partial charge in [0.1, 0.15) is 5.08 Å². The van der Waals surface area contributed by atoms with E-state index in [4.69, 9.17) is 11.6 Å². The molecule has 0 saturated carbocycles. The Labute approximate surface area is 81.9 Å². The predicted molar refractivity (Wildman–Crippen MR) is 51.1 cm³/mol. The molecule has 0 bridgehead atoms. The summed E-state index contributed by atoms with van der Waals surface area (Å²) in [6.07, 6.45) is 0. The van der Waals surface area contributed by atoms with Crippen LogP contribution in [0.25, 0.3) is 0 Å². The molecule has 0 aliphatic rings. The van der Waals surface area contributed by atoms with Gasteiger partial charge in [0.25, 0.3) is 0 Å². The van der Waals surface area contributed by atoms with Gasteiger partial charge in [-0.3, -0.25) is 0 Å². The lowest BCUT2D eigenvalue weighted by Gasteiger charge is -1.98. The molecule has 0 unspecified atom stereocenters. The van der Waals surface area contributed by atoms with Gasteiger partial charge in [-0.05, 0) is 24.3 Å². The monoisotopic (exact) mass is 221 g/mol. The van der Waals surface area contributed by atoms with Gasteiger partial charge in [-0.1, -0.05) is 24.2 Å². The van der Waals surface area contributed by atoms with Gasteiger partial charge in [0.2, 0.25) is 0 Å². The first kappa shape index (κ1) is 9.89. The minimum Gasteiger partial charge on any atom is -0.223 e. The van der Waals surface area contributed by atoms with Crippen LogP contribution in [-0.2, 0) is 9.84 Å². The summed E-state index contributed by atoms with van der Waals surface area (Å²) >= 11 is 10.1. The summed E-state index contributed by atoms with van der Waals surface area (Å²) in [6, 6.07) is 5.95. The zero-order valence-corrected chi connectivity index (χ0v) is 8.42. The molecule has 0 atom stereocenters. The molecule has 0 aromatic heterocycles. The largest absolute Gasteiger partial charge is 0.223 e. The second-order valence-corrected chi connectivity index (χ2v) is 5.27.